The van der Waals surface area contributed by atoms with Gasteiger partial charge in [0.15, 0.2) is 0 Å². The van der Waals surface area contributed by atoms with E-state index in [-0.39, 0.29) is 11.4 Å². The van der Waals surface area contributed by atoms with Crippen LogP contribution < -0.4 is 5.43 Å². The van der Waals surface area contributed by atoms with Crippen LogP contribution in [0.15, 0.2) is 91.7 Å². The van der Waals surface area contributed by atoms with Crippen LogP contribution >= 0.6 is 43.5 Å². The molecule has 32 heavy (non-hydrogen) atoms. The van der Waals surface area contributed by atoms with Crippen molar-refractivity contribution < 1.29 is 13.2 Å². The van der Waals surface area contributed by atoms with E-state index < -0.39 is 22.5 Å². The Bertz CT molecular complexity index is 1220. The first-order chi connectivity index (χ1) is 15.3. The second kappa shape index (κ2) is 11.2. The van der Waals surface area contributed by atoms with E-state index in [0.29, 0.717) is 5.02 Å². The Balaban J connectivity index is 1.80. The molecule has 10 heteroatoms. The predicted octanol–water partition coefficient (Wildman–Crippen LogP) is 5.21. The molecule has 0 saturated heterocycles. The standard InChI is InChI=1S/C22H18Br2ClN3O3S/c23-18-7-5-16(6-8-18)14-28(32(30,31)20-11-9-19(25)10-12-20)15-22(29)27-26-13-17-3-1-2-4-21(17)24/h1-13H,14-15H2,(H,27,29)/b26-13-. The summed E-state index contributed by atoms with van der Waals surface area (Å²) in [5.41, 5.74) is 3.89. The lowest BCUT2D eigenvalue weighted by molar-refractivity contribution is -0.121. The lowest BCUT2D eigenvalue weighted by Gasteiger charge is -2.21. The number of carbonyl (C=O) groups is 1. The maximum atomic E-state index is 13.2. The van der Waals surface area contributed by atoms with Crippen molar-refractivity contribution in [2.75, 3.05) is 6.54 Å². The molecule has 6 nitrogen and oxygen atoms in total. The van der Waals surface area contributed by atoms with Crippen LogP contribution in [-0.4, -0.2) is 31.4 Å². The minimum absolute atomic E-state index is 0.0135. The Kier molecular flexibility index (Phi) is 8.61. The maximum absolute atomic E-state index is 13.2. The van der Waals surface area contributed by atoms with Crippen molar-refractivity contribution in [3.8, 4) is 0 Å². The third kappa shape index (κ3) is 6.73. The second-order valence-electron chi connectivity index (χ2n) is 6.67. The van der Waals surface area contributed by atoms with Gasteiger partial charge in [-0.15, -0.1) is 0 Å². The Labute approximate surface area is 208 Å². The van der Waals surface area contributed by atoms with Gasteiger partial charge in [0, 0.05) is 26.1 Å². The van der Waals surface area contributed by atoms with E-state index in [1.807, 2.05) is 36.4 Å². The smallest absolute Gasteiger partial charge is 0.255 e. The number of amides is 1. The maximum Gasteiger partial charge on any atom is 0.255 e. The van der Waals surface area contributed by atoms with Crippen LogP contribution in [0, 0.1) is 0 Å². The van der Waals surface area contributed by atoms with E-state index in [9.17, 15) is 13.2 Å². The van der Waals surface area contributed by atoms with E-state index in [4.69, 9.17) is 11.6 Å². The number of benzene rings is 3. The summed E-state index contributed by atoms with van der Waals surface area (Å²) >= 11 is 12.7. The largest absolute Gasteiger partial charge is 0.272 e. The number of nitrogens with one attached hydrogen (secondary N) is 1. The van der Waals surface area contributed by atoms with Gasteiger partial charge >= 0.3 is 0 Å². The fourth-order valence-corrected chi connectivity index (χ4v) is 4.89. The molecular formula is C22H18Br2ClN3O3S. The molecule has 3 aromatic carbocycles. The molecule has 0 atom stereocenters. The molecule has 0 aliphatic carbocycles. The summed E-state index contributed by atoms with van der Waals surface area (Å²) in [4.78, 5) is 12.6. The van der Waals surface area contributed by atoms with Gasteiger partial charge in [0.2, 0.25) is 10.0 Å². The molecule has 1 N–H and O–H groups in total. The number of sulfonamides is 1. The lowest BCUT2D eigenvalue weighted by Crippen LogP contribution is -2.39. The van der Waals surface area contributed by atoms with Crippen molar-refractivity contribution in [3.05, 3.63) is 97.9 Å². The second-order valence-corrected chi connectivity index (χ2v) is 10.8. The summed E-state index contributed by atoms with van der Waals surface area (Å²) in [5.74, 6) is -0.567. The molecule has 3 rings (SSSR count). The van der Waals surface area contributed by atoms with Gasteiger partial charge in [-0.05, 0) is 48.0 Å². The average Bonchev–Trinajstić information content (AvgIpc) is 2.76. The Morgan fingerprint density at radius 2 is 1.66 bits per heavy atom. The fraction of sp³-hybridized carbons (Fsp3) is 0.0909. The van der Waals surface area contributed by atoms with Crippen LogP contribution in [0.5, 0.6) is 0 Å². The van der Waals surface area contributed by atoms with Crippen molar-refractivity contribution in [1.82, 2.24) is 9.73 Å². The molecule has 0 unspecified atom stereocenters. The summed E-state index contributed by atoms with van der Waals surface area (Å²) in [6.07, 6.45) is 1.48. The van der Waals surface area contributed by atoms with Crippen LogP contribution in [0.25, 0.3) is 0 Å². The number of hydrogen-bond donors (Lipinski definition) is 1. The Morgan fingerprint density at radius 3 is 2.31 bits per heavy atom. The Hall–Kier alpha value is -2.04. The van der Waals surface area contributed by atoms with E-state index in [1.165, 1.54) is 30.5 Å². The molecule has 1 amide bonds. The van der Waals surface area contributed by atoms with Gasteiger partial charge in [-0.1, -0.05) is 73.8 Å². The molecule has 3 aromatic rings. The third-order valence-corrected chi connectivity index (χ3v) is 7.65. The first-order valence-electron chi connectivity index (χ1n) is 9.32. The molecule has 0 aliphatic heterocycles. The van der Waals surface area contributed by atoms with Gasteiger partial charge in [0.25, 0.3) is 5.91 Å². The summed E-state index contributed by atoms with van der Waals surface area (Å²) in [6.45, 7) is -0.395. The highest BCUT2D eigenvalue weighted by Gasteiger charge is 2.27. The molecule has 0 bridgehead atoms. The van der Waals surface area contributed by atoms with Crippen LogP contribution in [-0.2, 0) is 21.4 Å². The minimum Gasteiger partial charge on any atom is -0.272 e. The molecule has 0 saturated carbocycles. The number of rotatable bonds is 8. The van der Waals surface area contributed by atoms with Gasteiger partial charge in [-0.3, -0.25) is 4.79 Å². The van der Waals surface area contributed by atoms with Gasteiger partial charge in [-0.25, -0.2) is 13.8 Å². The molecule has 166 valence electrons. The van der Waals surface area contributed by atoms with Crippen LogP contribution in [0.4, 0.5) is 0 Å². The highest BCUT2D eigenvalue weighted by molar-refractivity contribution is 9.10. The Morgan fingerprint density at radius 1 is 1.00 bits per heavy atom. The number of hydrogen-bond acceptors (Lipinski definition) is 4. The SMILES string of the molecule is O=C(CN(Cc1ccc(Br)cc1)S(=O)(=O)c1ccc(Cl)cc1)N/N=C\c1ccccc1Br. The molecule has 0 spiro atoms. The predicted molar refractivity (Wildman–Crippen MR) is 133 cm³/mol. The van der Waals surface area contributed by atoms with E-state index in [0.717, 1.165) is 24.4 Å². The zero-order valence-electron chi connectivity index (χ0n) is 16.6. The van der Waals surface area contributed by atoms with E-state index in [1.54, 1.807) is 12.1 Å². The summed E-state index contributed by atoms with van der Waals surface area (Å²) < 4.78 is 29.3. The van der Waals surface area contributed by atoms with Crippen molar-refractivity contribution in [3.63, 3.8) is 0 Å². The third-order valence-electron chi connectivity index (χ3n) is 4.34. The number of halogens is 3. The normalized spacial score (nSPS) is 11.8. The van der Waals surface area contributed by atoms with Crippen molar-refractivity contribution in [2.45, 2.75) is 11.4 Å². The average molecular weight is 600 g/mol. The first kappa shape index (κ1) is 24.6. The van der Waals surface area contributed by atoms with Crippen LogP contribution in [0.1, 0.15) is 11.1 Å². The van der Waals surface area contributed by atoms with Gasteiger partial charge in [0.1, 0.15) is 0 Å². The highest BCUT2D eigenvalue weighted by Crippen LogP contribution is 2.21. The van der Waals surface area contributed by atoms with Crippen molar-refractivity contribution in [2.24, 2.45) is 5.10 Å². The topological polar surface area (TPSA) is 78.8 Å². The summed E-state index contributed by atoms with van der Waals surface area (Å²) in [6, 6.07) is 20.4. The molecule has 0 fully saturated rings. The quantitative estimate of drug-likeness (QED) is 0.286. The van der Waals surface area contributed by atoms with Crippen LogP contribution in [0.3, 0.4) is 0 Å². The fourth-order valence-electron chi connectivity index (χ4n) is 2.72. The van der Waals surface area contributed by atoms with Crippen molar-refractivity contribution >= 4 is 65.6 Å². The van der Waals surface area contributed by atoms with Crippen molar-refractivity contribution in [1.29, 1.82) is 0 Å². The zero-order valence-corrected chi connectivity index (χ0v) is 21.3. The zero-order chi connectivity index (χ0) is 23.1. The van der Waals surface area contributed by atoms with E-state index >= 15 is 0 Å². The number of carbonyl (C=O) groups excluding carboxylic acids is 1. The monoisotopic (exact) mass is 597 g/mol. The molecule has 0 heterocycles. The number of hydrazone groups is 1. The molecule has 0 radical (unpaired) electrons. The van der Waals surface area contributed by atoms with Gasteiger partial charge < -0.3 is 0 Å². The first-order valence-corrected chi connectivity index (χ1v) is 12.7. The lowest BCUT2D eigenvalue weighted by atomic mass is 10.2. The molecule has 0 aromatic heterocycles. The van der Waals surface area contributed by atoms with Crippen LogP contribution in [0.2, 0.25) is 5.02 Å². The summed E-state index contributed by atoms with van der Waals surface area (Å²) in [5, 5.41) is 4.36. The summed E-state index contributed by atoms with van der Waals surface area (Å²) in [7, 11) is -3.96. The van der Waals surface area contributed by atoms with E-state index in [2.05, 4.69) is 42.4 Å². The minimum atomic E-state index is -3.96. The van der Waals surface area contributed by atoms with Gasteiger partial charge in [-0.2, -0.15) is 9.41 Å². The highest BCUT2D eigenvalue weighted by atomic mass is 79.9. The van der Waals surface area contributed by atoms with Gasteiger partial charge in [0.05, 0.1) is 17.7 Å². The molecule has 0 aliphatic rings. The number of nitrogens with zero attached hydrogens (tertiary/aromatic N) is 2. The molecular weight excluding hydrogens is 582 g/mol.